The van der Waals surface area contributed by atoms with E-state index in [0.717, 1.165) is 38.6 Å². The average Bonchev–Trinajstić information content (AvgIpc) is 2.26. The molecule has 0 heterocycles. The van der Waals surface area contributed by atoms with Gasteiger partial charge in [0, 0.05) is 19.7 Å². The number of amides is 1. The van der Waals surface area contributed by atoms with Crippen LogP contribution in [-0.2, 0) is 9.53 Å². The van der Waals surface area contributed by atoms with Crippen LogP contribution in [0.1, 0.15) is 51.4 Å². The number of nitrogens with two attached hydrogens (primary N) is 1. The van der Waals surface area contributed by atoms with E-state index in [-0.39, 0.29) is 11.5 Å². The Morgan fingerprint density at radius 1 is 1.39 bits per heavy atom. The van der Waals surface area contributed by atoms with Crippen molar-refractivity contribution < 1.29 is 9.53 Å². The summed E-state index contributed by atoms with van der Waals surface area (Å²) in [6.07, 6.45) is 8.30. The third-order valence-electron chi connectivity index (χ3n) is 4.61. The Labute approximate surface area is 110 Å². The van der Waals surface area contributed by atoms with Gasteiger partial charge in [0.25, 0.3) is 0 Å². The van der Waals surface area contributed by atoms with Crippen molar-refractivity contribution in [2.24, 2.45) is 5.73 Å². The highest BCUT2D eigenvalue weighted by Crippen LogP contribution is 2.39. The van der Waals surface area contributed by atoms with E-state index in [1.807, 2.05) is 0 Å². The van der Waals surface area contributed by atoms with Gasteiger partial charge in [-0.1, -0.05) is 0 Å². The van der Waals surface area contributed by atoms with E-state index in [1.165, 1.54) is 12.8 Å². The summed E-state index contributed by atoms with van der Waals surface area (Å²) < 4.78 is 5.56. The van der Waals surface area contributed by atoms with E-state index < -0.39 is 0 Å². The van der Waals surface area contributed by atoms with Crippen LogP contribution in [-0.4, -0.2) is 42.6 Å². The molecule has 0 spiro atoms. The molecule has 0 aromatic heterocycles. The van der Waals surface area contributed by atoms with Crippen molar-refractivity contribution in [1.82, 2.24) is 4.90 Å². The van der Waals surface area contributed by atoms with Crippen LogP contribution in [0.15, 0.2) is 0 Å². The third kappa shape index (κ3) is 2.86. The molecule has 2 aliphatic rings. The summed E-state index contributed by atoms with van der Waals surface area (Å²) in [4.78, 5) is 14.5. The van der Waals surface area contributed by atoms with Crippen molar-refractivity contribution in [2.45, 2.75) is 63.0 Å². The van der Waals surface area contributed by atoms with Crippen molar-refractivity contribution in [3.63, 3.8) is 0 Å². The maximum atomic E-state index is 12.5. The quantitative estimate of drug-likeness (QED) is 0.752. The molecule has 2 aliphatic carbocycles. The number of ether oxygens (including phenoxy) is 1. The zero-order chi connectivity index (χ0) is 13.0. The molecule has 0 saturated heterocycles. The van der Waals surface area contributed by atoms with Gasteiger partial charge in [-0.3, -0.25) is 4.79 Å². The van der Waals surface area contributed by atoms with Gasteiger partial charge in [-0.25, -0.2) is 0 Å². The number of hydrogen-bond acceptors (Lipinski definition) is 3. The first-order chi connectivity index (χ1) is 8.71. The van der Waals surface area contributed by atoms with Crippen molar-refractivity contribution in [1.29, 1.82) is 0 Å². The molecule has 0 bridgehead atoms. The zero-order valence-corrected chi connectivity index (χ0v) is 11.5. The monoisotopic (exact) mass is 254 g/mol. The largest absolute Gasteiger partial charge is 0.378 e. The number of carbonyl (C=O) groups excluding carboxylic acids is 1. The van der Waals surface area contributed by atoms with E-state index in [2.05, 4.69) is 4.90 Å². The van der Waals surface area contributed by atoms with Gasteiger partial charge in [0.2, 0.25) is 5.91 Å². The molecule has 4 nitrogen and oxygen atoms in total. The lowest BCUT2D eigenvalue weighted by Crippen LogP contribution is -2.50. The number of hydrogen-bond donors (Lipinski definition) is 1. The molecular weight excluding hydrogens is 228 g/mol. The van der Waals surface area contributed by atoms with Gasteiger partial charge >= 0.3 is 0 Å². The lowest BCUT2D eigenvalue weighted by Gasteiger charge is -2.43. The fourth-order valence-corrected chi connectivity index (χ4v) is 2.87. The highest BCUT2D eigenvalue weighted by Gasteiger charge is 2.41. The third-order valence-corrected chi connectivity index (χ3v) is 4.61. The smallest absolute Gasteiger partial charge is 0.225 e. The van der Waals surface area contributed by atoms with Crippen LogP contribution in [0.2, 0.25) is 0 Å². The molecule has 2 N–H and O–H groups in total. The number of nitrogens with zero attached hydrogens (tertiary/aromatic N) is 1. The summed E-state index contributed by atoms with van der Waals surface area (Å²) in [6, 6.07) is 0.470. The molecule has 0 unspecified atom stereocenters. The van der Waals surface area contributed by atoms with Gasteiger partial charge < -0.3 is 15.4 Å². The van der Waals surface area contributed by atoms with Crippen molar-refractivity contribution in [3.05, 3.63) is 0 Å². The van der Waals surface area contributed by atoms with Crippen LogP contribution in [0, 0.1) is 0 Å². The molecule has 1 amide bonds. The second-order valence-corrected chi connectivity index (χ2v) is 5.73. The first-order valence-corrected chi connectivity index (χ1v) is 7.25. The molecule has 0 aromatic carbocycles. The van der Waals surface area contributed by atoms with Gasteiger partial charge in [-0.15, -0.1) is 0 Å². The summed E-state index contributed by atoms with van der Waals surface area (Å²) >= 11 is 0. The summed E-state index contributed by atoms with van der Waals surface area (Å²) in [5, 5.41) is 0. The molecule has 18 heavy (non-hydrogen) atoms. The Morgan fingerprint density at radius 3 is 2.50 bits per heavy atom. The minimum absolute atomic E-state index is 0.151. The SMILES string of the molecule is COC1(CC(=O)N(CCCN)C2CCC2)CCC1. The Bertz CT molecular complexity index is 280. The van der Waals surface area contributed by atoms with Crippen molar-refractivity contribution >= 4 is 5.91 Å². The minimum Gasteiger partial charge on any atom is -0.378 e. The topological polar surface area (TPSA) is 55.6 Å². The Hall–Kier alpha value is -0.610. The lowest BCUT2D eigenvalue weighted by molar-refractivity contribution is -0.148. The van der Waals surface area contributed by atoms with E-state index in [0.29, 0.717) is 19.0 Å². The molecule has 2 saturated carbocycles. The summed E-state index contributed by atoms with van der Waals surface area (Å²) in [5.74, 6) is 0.273. The fourth-order valence-electron chi connectivity index (χ4n) is 2.87. The predicted molar refractivity (Wildman–Crippen MR) is 71.2 cm³/mol. The van der Waals surface area contributed by atoms with Crippen molar-refractivity contribution in [2.75, 3.05) is 20.2 Å². The second-order valence-electron chi connectivity index (χ2n) is 5.73. The average molecular weight is 254 g/mol. The first kappa shape index (κ1) is 13.8. The number of carbonyl (C=O) groups is 1. The van der Waals surface area contributed by atoms with Gasteiger partial charge in [0.05, 0.1) is 12.0 Å². The van der Waals surface area contributed by atoms with E-state index >= 15 is 0 Å². The minimum atomic E-state index is -0.151. The van der Waals surface area contributed by atoms with E-state index in [9.17, 15) is 4.79 Å². The van der Waals surface area contributed by atoms with Crippen LogP contribution in [0.25, 0.3) is 0 Å². The molecule has 0 aromatic rings. The summed E-state index contributed by atoms with van der Waals surface area (Å²) in [7, 11) is 1.74. The standard InChI is InChI=1S/C14H26N2O2/c1-18-14(7-3-8-14)11-13(17)16(10-4-9-15)12-5-2-6-12/h12H,2-11,15H2,1H3. The first-order valence-electron chi connectivity index (χ1n) is 7.25. The molecule has 0 radical (unpaired) electrons. The van der Waals surface area contributed by atoms with Crippen LogP contribution < -0.4 is 5.73 Å². The summed E-state index contributed by atoms with van der Waals surface area (Å²) in [5.41, 5.74) is 5.41. The van der Waals surface area contributed by atoms with Gasteiger partial charge in [0.15, 0.2) is 0 Å². The highest BCUT2D eigenvalue weighted by molar-refractivity contribution is 5.78. The van der Waals surface area contributed by atoms with Crippen LogP contribution >= 0.6 is 0 Å². The van der Waals surface area contributed by atoms with Crippen molar-refractivity contribution in [3.8, 4) is 0 Å². The number of rotatable bonds is 7. The van der Waals surface area contributed by atoms with Crippen LogP contribution in [0.3, 0.4) is 0 Å². The second kappa shape index (κ2) is 6.02. The predicted octanol–water partition coefficient (Wildman–Crippen LogP) is 1.68. The van der Waals surface area contributed by atoms with Crippen LogP contribution in [0.5, 0.6) is 0 Å². The molecule has 2 rings (SSSR count). The fraction of sp³-hybridized carbons (Fsp3) is 0.929. The normalized spacial score (nSPS) is 22.1. The van der Waals surface area contributed by atoms with Gasteiger partial charge in [0.1, 0.15) is 0 Å². The Kier molecular flexibility index (Phi) is 4.62. The van der Waals surface area contributed by atoms with E-state index in [4.69, 9.17) is 10.5 Å². The highest BCUT2D eigenvalue weighted by atomic mass is 16.5. The molecule has 4 heteroatoms. The lowest BCUT2D eigenvalue weighted by atomic mass is 9.77. The Balaban J connectivity index is 1.89. The Morgan fingerprint density at radius 2 is 2.11 bits per heavy atom. The molecule has 0 aliphatic heterocycles. The van der Waals surface area contributed by atoms with E-state index in [1.54, 1.807) is 7.11 Å². The number of methoxy groups -OCH3 is 1. The zero-order valence-electron chi connectivity index (χ0n) is 11.5. The molecule has 2 fully saturated rings. The molecular formula is C14H26N2O2. The summed E-state index contributed by atoms with van der Waals surface area (Å²) in [6.45, 7) is 1.48. The van der Waals surface area contributed by atoms with Crippen LogP contribution in [0.4, 0.5) is 0 Å². The maximum absolute atomic E-state index is 12.5. The maximum Gasteiger partial charge on any atom is 0.225 e. The molecule has 104 valence electrons. The van der Waals surface area contributed by atoms with Gasteiger partial charge in [-0.2, -0.15) is 0 Å². The van der Waals surface area contributed by atoms with Gasteiger partial charge in [-0.05, 0) is 51.5 Å². The molecule has 0 atom stereocenters.